The lowest BCUT2D eigenvalue weighted by atomic mass is 10.1. The van der Waals surface area contributed by atoms with Gasteiger partial charge in [-0.2, -0.15) is 0 Å². The molecular weight excluding hydrogens is 357 g/mol. The highest BCUT2D eigenvalue weighted by Gasteiger charge is 2.28. The third-order valence-electron chi connectivity index (χ3n) is 3.89. The van der Waals surface area contributed by atoms with Gasteiger partial charge in [0.25, 0.3) is 0 Å². The molecule has 0 spiro atoms. The zero-order valence-electron chi connectivity index (χ0n) is 14.2. The van der Waals surface area contributed by atoms with Crippen LogP contribution in [0.15, 0.2) is 48.5 Å². The molecule has 0 aliphatic heterocycles. The van der Waals surface area contributed by atoms with Crippen LogP contribution in [-0.4, -0.2) is 26.6 Å². The molecule has 6 nitrogen and oxygen atoms in total. The fourth-order valence-corrected chi connectivity index (χ4v) is 3.05. The smallest absolute Gasteiger partial charge is 0.247 e. The maximum absolute atomic E-state index is 13.2. The van der Waals surface area contributed by atoms with Gasteiger partial charge < -0.3 is 10.6 Å². The number of sulfonamides is 1. The lowest BCUT2D eigenvalue weighted by Gasteiger charge is -2.20. The van der Waals surface area contributed by atoms with Gasteiger partial charge in [-0.1, -0.05) is 12.1 Å². The summed E-state index contributed by atoms with van der Waals surface area (Å²) in [5, 5.41) is 6.07. The van der Waals surface area contributed by atoms with E-state index in [-0.39, 0.29) is 17.8 Å². The lowest BCUT2D eigenvalue weighted by Crippen LogP contribution is -2.34. The topological polar surface area (TPSA) is 87.3 Å². The Bertz CT molecular complexity index is 879. The van der Waals surface area contributed by atoms with Crippen molar-refractivity contribution in [1.29, 1.82) is 0 Å². The molecule has 1 fully saturated rings. The second kappa shape index (κ2) is 7.33. The molecule has 0 saturated heterocycles. The normalized spacial score (nSPS) is 15.2. The molecule has 138 valence electrons. The quantitative estimate of drug-likeness (QED) is 0.692. The number of halogens is 1. The molecule has 0 aromatic heterocycles. The van der Waals surface area contributed by atoms with E-state index in [0.29, 0.717) is 16.9 Å². The lowest BCUT2D eigenvalue weighted by molar-refractivity contribution is -0.122. The Kier molecular flexibility index (Phi) is 5.13. The van der Waals surface area contributed by atoms with Crippen molar-refractivity contribution in [1.82, 2.24) is 5.32 Å². The Balaban J connectivity index is 1.78. The standard InChI is InChI=1S/C18H20FN3O3S/c1-26(24,25)22-16-10-8-14(9-11-16)20-17(18(23)21-15-6-7-15)12-2-4-13(19)5-3-12/h2-5,8-11,15,17,20,22H,6-7H2,1H3,(H,21,23). The number of hydrogen-bond donors (Lipinski definition) is 3. The van der Waals surface area contributed by atoms with Crippen LogP contribution in [-0.2, 0) is 14.8 Å². The Morgan fingerprint density at radius 2 is 1.62 bits per heavy atom. The zero-order chi connectivity index (χ0) is 18.7. The molecule has 1 aliphatic rings. The minimum atomic E-state index is -3.35. The molecule has 2 aromatic carbocycles. The SMILES string of the molecule is CS(=O)(=O)Nc1ccc(NC(C(=O)NC2CC2)c2ccc(F)cc2)cc1. The molecule has 1 saturated carbocycles. The summed E-state index contributed by atoms with van der Waals surface area (Å²) in [5.74, 6) is -0.552. The van der Waals surface area contributed by atoms with E-state index in [9.17, 15) is 17.6 Å². The van der Waals surface area contributed by atoms with Crippen LogP contribution >= 0.6 is 0 Å². The minimum absolute atomic E-state index is 0.183. The van der Waals surface area contributed by atoms with Crippen molar-refractivity contribution in [3.8, 4) is 0 Å². The van der Waals surface area contributed by atoms with Gasteiger partial charge in [-0.15, -0.1) is 0 Å². The summed E-state index contributed by atoms with van der Waals surface area (Å²) in [6.07, 6.45) is 3.01. The first-order valence-electron chi connectivity index (χ1n) is 8.20. The monoisotopic (exact) mass is 377 g/mol. The van der Waals surface area contributed by atoms with Gasteiger partial charge in [-0.3, -0.25) is 9.52 Å². The second-order valence-electron chi connectivity index (χ2n) is 6.36. The first-order chi connectivity index (χ1) is 12.3. The minimum Gasteiger partial charge on any atom is -0.370 e. The van der Waals surface area contributed by atoms with Crippen LogP contribution < -0.4 is 15.4 Å². The van der Waals surface area contributed by atoms with E-state index < -0.39 is 16.1 Å². The molecule has 26 heavy (non-hydrogen) atoms. The zero-order valence-corrected chi connectivity index (χ0v) is 15.0. The third-order valence-corrected chi connectivity index (χ3v) is 4.49. The predicted octanol–water partition coefficient (Wildman–Crippen LogP) is 2.63. The maximum Gasteiger partial charge on any atom is 0.247 e. The number of anilines is 2. The van der Waals surface area contributed by atoms with Gasteiger partial charge in [0.15, 0.2) is 0 Å². The number of rotatable bonds is 7. The molecule has 3 N–H and O–H groups in total. The van der Waals surface area contributed by atoms with Crippen LogP contribution in [0.25, 0.3) is 0 Å². The van der Waals surface area contributed by atoms with Crippen molar-refractivity contribution in [3.05, 3.63) is 59.9 Å². The molecule has 2 aromatic rings. The van der Waals surface area contributed by atoms with Crippen LogP contribution in [0.1, 0.15) is 24.4 Å². The van der Waals surface area contributed by atoms with Gasteiger partial charge in [0.05, 0.1) is 6.26 Å². The summed E-state index contributed by atoms with van der Waals surface area (Å²) >= 11 is 0. The molecule has 1 aliphatic carbocycles. The molecule has 0 bridgehead atoms. The average Bonchev–Trinajstić information content (AvgIpc) is 3.37. The van der Waals surface area contributed by atoms with Gasteiger partial charge in [-0.05, 0) is 54.8 Å². The Labute approximate surface area is 151 Å². The van der Waals surface area contributed by atoms with Crippen LogP contribution in [0, 0.1) is 5.82 Å². The number of carbonyl (C=O) groups excluding carboxylic acids is 1. The second-order valence-corrected chi connectivity index (χ2v) is 8.11. The van der Waals surface area contributed by atoms with Gasteiger partial charge in [0.2, 0.25) is 15.9 Å². The van der Waals surface area contributed by atoms with E-state index in [1.54, 1.807) is 36.4 Å². The molecule has 1 unspecified atom stereocenters. The number of hydrogen-bond acceptors (Lipinski definition) is 4. The number of nitrogens with one attached hydrogen (secondary N) is 3. The van der Waals surface area contributed by atoms with Crippen molar-refractivity contribution in [2.24, 2.45) is 0 Å². The van der Waals surface area contributed by atoms with Crippen LogP contribution in [0.4, 0.5) is 15.8 Å². The van der Waals surface area contributed by atoms with Crippen molar-refractivity contribution in [2.45, 2.75) is 24.9 Å². The van der Waals surface area contributed by atoms with Gasteiger partial charge in [0, 0.05) is 17.4 Å². The Morgan fingerprint density at radius 1 is 1.04 bits per heavy atom. The highest BCUT2D eigenvalue weighted by molar-refractivity contribution is 7.92. The van der Waals surface area contributed by atoms with E-state index >= 15 is 0 Å². The predicted molar refractivity (Wildman–Crippen MR) is 98.8 cm³/mol. The maximum atomic E-state index is 13.2. The molecule has 0 radical (unpaired) electrons. The third kappa shape index (κ3) is 5.19. The van der Waals surface area contributed by atoms with Gasteiger partial charge in [0.1, 0.15) is 11.9 Å². The van der Waals surface area contributed by atoms with E-state index in [1.165, 1.54) is 12.1 Å². The molecule has 8 heteroatoms. The fraction of sp³-hybridized carbons (Fsp3) is 0.278. The highest BCUT2D eigenvalue weighted by Crippen LogP contribution is 2.25. The summed E-state index contributed by atoms with van der Waals surface area (Å²) in [4.78, 5) is 12.6. The first kappa shape index (κ1) is 18.2. The summed E-state index contributed by atoms with van der Waals surface area (Å²) in [7, 11) is -3.35. The summed E-state index contributed by atoms with van der Waals surface area (Å²) in [6, 6.07) is 11.8. The van der Waals surface area contributed by atoms with Gasteiger partial charge in [-0.25, -0.2) is 12.8 Å². The summed E-state index contributed by atoms with van der Waals surface area (Å²) in [6.45, 7) is 0. The Hall–Kier alpha value is -2.61. The summed E-state index contributed by atoms with van der Waals surface area (Å²) in [5.41, 5.74) is 1.71. The van der Waals surface area contributed by atoms with E-state index in [2.05, 4.69) is 15.4 Å². The van der Waals surface area contributed by atoms with Crippen LogP contribution in [0.2, 0.25) is 0 Å². The summed E-state index contributed by atoms with van der Waals surface area (Å²) < 4.78 is 38.1. The molecule has 0 heterocycles. The van der Waals surface area contributed by atoms with Gasteiger partial charge >= 0.3 is 0 Å². The van der Waals surface area contributed by atoms with Crippen molar-refractivity contribution >= 4 is 27.3 Å². The van der Waals surface area contributed by atoms with E-state index in [4.69, 9.17) is 0 Å². The van der Waals surface area contributed by atoms with E-state index in [1.807, 2.05) is 0 Å². The van der Waals surface area contributed by atoms with E-state index in [0.717, 1.165) is 19.1 Å². The van der Waals surface area contributed by atoms with Crippen LogP contribution in [0.3, 0.4) is 0 Å². The van der Waals surface area contributed by atoms with Crippen molar-refractivity contribution in [3.63, 3.8) is 0 Å². The highest BCUT2D eigenvalue weighted by atomic mass is 32.2. The molecular formula is C18H20FN3O3S. The number of carbonyl (C=O) groups is 1. The largest absolute Gasteiger partial charge is 0.370 e. The number of amides is 1. The number of benzene rings is 2. The first-order valence-corrected chi connectivity index (χ1v) is 10.1. The van der Waals surface area contributed by atoms with Crippen LogP contribution in [0.5, 0.6) is 0 Å². The molecule has 1 amide bonds. The van der Waals surface area contributed by atoms with Crippen molar-refractivity contribution < 1.29 is 17.6 Å². The van der Waals surface area contributed by atoms with Crippen molar-refractivity contribution in [2.75, 3.05) is 16.3 Å². The Morgan fingerprint density at radius 3 is 2.15 bits per heavy atom. The fourth-order valence-electron chi connectivity index (χ4n) is 2.48. The molecule has 3 rings (SSSR count). The molecule has 1 atom stereocenters. The average molecular weight is 377 g/mol.